The number of methoxy groups -OCH3 is 1. The van der Waals surface area contributed by atoms with Gasteiger partial charge < -0.3 is 10.1 Å². The molecule has 1 heterocycles. The third-order valence-corrected chi connectivity index (χ3v) is 2.93. The normalized spacial score (nSPS) is 11.7. The molecule has 1 N–H and O–H groups in total. The van der Waals surface area contributed by atoms with E-state index in [1.165, 1.54) is 12.3 Å². The minimum atomic E-state index is -0.472. The molecule has 6 nitrogen and oxygen atoms in total. The molecule has 0 amide bonds. The first-order valence-electron chi connectivity index (χ1n) is 6.11. The van der Waals surface area contributed by atoms with Gasteiger partial charge in [-0.3, -0.25) is 10.1 Å². The number of hydrogen-bond acceptors (Lipinski definition) is 5. The molecule has 1 aromatic carbocycles. The fourth-order valence-corrected chi connectivity index (χ4v) is 1.90. The number of nitro groups is 1. The van der Waals surface area contributed by atoms with Gasteiger partial charge in [-0.2, -0.15) is 0 Å². The van der Waals surface area contributed by atoms with Crippen molar-refractivity contribution in [3.05, 3.63) is 58.3 Å². The molecule has 2 rings (SSSR count). The second-order valence-corrected chi connectivity index (χ2v) is 4.27. The summed E-state index contributed by atoms with van der Waals surface area (Å²) in [6.07, 6.45) is 1.23. The van der Waals surface area contributed by atoms with Gasteiger partial charge in [0.05, 0.1) is 18.1 Å². The maximum absolute atomic E-state index is 10.6. The van der Waals surface area contributed by atoms with Crippen LogP contribution in [0.15, 0.2) is 42.6 Å². The van der Waals surface area contributed by atoms with Crippen LogP contribution in [0.2, 0.25) is 0 Å². The van der Waals surface area contributed by atoms with Gasteiger partial charge in [-0.1, -0.05) is 18.2 Å². The number of para-hydroxylation sites is 1. The van der Waals surface area contributed by atoms with Crippen LogP contribution >= 0.6 is 0 Å². The molecule has 0 unspecified atom stereocenters. The van der Waals surface area contributed by atoms with Crippen molar-refractivity contribution in [3.8, 4) is 5.75 Å². The molecule has 0 aliphatic heterocycles. The number of nitrogens with one attached hydrogen (secondary N) is 1. The van der Waals surface area contributed by atoms with Crippen molar-refractivity contribution in [1.29, 1.82) is 0 Å². The summed E-state index contributed by atoms with van der Waals surface area (Å²) in [5, 5.41) is 13.8. The van der Waals surface area contributed by atoms with Crippen LogP contribution in [0.25, 0.3) is 0 Å². The summed E-state index contributed by atoms with van der Waals surface area (Å²) in [6.45, 7) is 1.97. The highest BCUT2D eigenvalue weighted by Crippen LogP contribution is 2.27. The maximum atomic E-state index is 10.6. The molecule has 1 atom stereocenters. The van der Waals surface area contributed by atoms with Gasteiger partial charge in [0, 0.05) is 11.6 Å². The van der Waals surface area contributed by atoms with Crippen molar-refractivity contribution in [2.45, 2.75) is 13.0 Å². The lowest BCUT2D eigenvalue weighted by atomic mass is 10.1. The summed E-state index contributed by atoms with van der Waals surface area (Å²) >= 11 is 0. The summed E-state index contributed by atoms with van der Waals surface area (Å²) in [5.74, 6) is 1.36. The van der Waals surface area contributed by atoms with Gasteiger partial charge in [0.15, 0.2) is 0 Å². The van der Waals surface area contributed by atoms with Crippen LogP contribution in [0.1, 0.15) is 18.5 Å². The lowest BCUT2D eigenvalue weighted by molar-refractivity contribution is -0.385. The summed E-state index contributed by atoms with van der Waals surface area (Å²) in [7, 11) is 1.62. The molecule has 0 radical (unpaired) electrons. The molecule has 0 saturated heterocycles. The molecule has 2 aromatic rings. The summed E-state index contributed by atoms with van der Waals surface area (Å²) in [4.78, 5) is 14.1. The zero-order valence-corrected chi connectivity index (χ0v) is 11.2. The quantitative estimate of drug-likeness (QED) is 0.668. The lowest BCUT2D eigenvalue weighted by Gasteiger charge is -2.17. The van der Waals surface area contributed by atoms with Crippen molar-refractivity contribution in [1.82, 2.24) is 4.98 Å². The fourth-order valence-electron chi connectivity index (χ4n) is 1.90. The Hall–Kier alpha value is -2.63. The number of benzene rings is 1. The van der Waals surface area contributed by atoms with Crippen molar-refractivity contribution in [3.63, 3.8) is 0 Å². The van der Waals surface area contributed by atoms with E-state index >= 15 is 0 Å². The van der Waals surface area contributed by atoms with Crippen LogP contribution in [-0.2, 0) is 0 Å². The van der Waals surface area contributed by atoms with Crippen LogP contribution in [0, 0.1) is 10.1 Å². The Labute approximate surface area is 116 Å². The molecule has 20 heavy (non-hydrogen) atoms. The van der Waals surface area contributed by atoms with E-state index in [0.29, 0.717) is 5.82 Å². The highest BCUT2D eigenvalue weighted by Gasteiger charge is 2.12. The van der Waals surface area contributed by atoms with Gasteiger partial charge in [0.2, 0.25) is 0 Å². The highest BCUT2D eigenvalue weighted by molar-refractivity contribution is 5.45. The summed E-state index contributed by atoms with van der Waals surface area (Å²) in [5.41, 5.74) is 0.968. The number of anilines is 1. The Morgan fingerprint density at radius 3 is 2.65 bits per heavy atom. The monoisotopic (exact) mass is 273 g/mol. The molecule has 104 valence electrons. The van der Waals surface area contributed by atoms with E-state index in [9.17, 15) is 10.1 Å². The smallest absolute Gasteiger partial charge is 0.287 e. The average Bonchev–Trinajstić information content (AvgIpc) is 2.47. The van der Waals surface area contributed by atoms with Gasteiger partial charge in [-0.25, -0.2) is 4.98 Å². The van der Waals surface area contributed by atoms with E-state index < -0.39 is 4.92 Å². The minimum absolute atomic E-state index is 0.0273. The predicted octanol–water partition coefficient (Wildman–Crippen LogP) is 3.17. The number of hydrogen-bond donors (Lipinski definition) is 1. The summed E-state index contributed by atoms with van der Waals surface area (Å²) < 4.78 is 5.31. The molecule has 0 spiro atoms. The third kappa shape index (κ3) is 3.03. The Balaban J connectivity index is 2.14. The highest BCUT2D eigenvalue weighted by atomic mass is 16.6. The Morgan fingerprint density at radius 2 is 2.05 bits per heavy atom. The van der Waals surface area contributed by atoms with Crippen LogP contribution in [-0.4, -0.2) is 17.0 Å². The van der Waals surface area contributed by atoms with E-state index in [0.717, 1.165) is 11.3 Å². The second kappa shape index (κ2) is 6.01. The molecule has 0 saturated carbocycles. The Bertz CT molecular complexity index is 599. The van der Waals surface area contributed by atoms with Crippen LogP contribution in [0.3, 0.4) is 0 Å². The van der Waals surface area contributed by atoms with Crippen LogP contribution in [0.5, 0.6) is 5.75 Å². The van der Waals surface area contributed by atoms with Gasteiger partial charge in [-0.05, 0) is 19.1 Å². The van der Waals surface area contributed by atoms with Gasteiger partial charge >= 0.3 is 0 Å². The maximum Gasteiger partial charge on any atom is 0.287 e. The number of aromatic nitrogens is 1. The number of nitrogens with zero attached hydrogens (tertiary/aromatic N) is 2. The van der Waals surface area contributed by atoms with Gasteiger partial charge in [0.25, 0.3) is 5.69 Å². The number of rotatable bonds is 5. The molecule has 0 aliphatic rings. The first-order chi connectivity index (χ1) is 9.61. The molecular weight excluding hydrogens is 258 g/mol. The SMILES string of the molecule is COc1ccccc1[C@@H](C)Nc1ccc([N+](=O)[O-])cn1. The molecule has 0 aliphatic carbocycles. The van der Waals surface area contributed by atoms with Crippen molar-refractivity contribution in [2.75, 3.05) is 12.4 Å². The standard InChI is InChI=1S/C14H15N3O3/c1-10(12-5-3-4-6-13(12)20-2)16-14-8-7-11(9-15-14)17(18)19/h3-10H,1-2H3,(H,15,16)/t10-/m1/s1. The van der Waals surface area contributed by atoms with Gasteiger partial charge in [-0.15, -0.1) is 0 Å². The van der Waals surface area contributed by atoms with Crippen LogP contribution < -0.4 is 10.1 Å². The zero-order valence-electron chi connectivity index (χ0n) is 11.2. The van der Waals surface area contributed by atoms with E-state index in [1.807, 2.05) is 31.2 Å². The van der Waals surface area contributed by atoms with E-state index in [2.05, 4.69) is 10.3 Å². The van der Waals surface area contributed by atoms with Gasteiger partial charge in [0.1, 0.15) is 17.8 Å². The van der Waals surface area contributed by atoms with Crippen LogP contribution in [0.4, 0.5) is 11.5 Å². The lowest BCUT2D eigenvalue weighted by Crippen LogP contribution is -2.09. The van der Waals surface area contributed by atoms with Crippen molar-refractivity contribution >= 4 is 11.5 Å². The van der Waals surface area contributed by atoms with E-state index in [-0.39, 0.29) is 11.7 Å². The Kier molecular flexibility index (Phi) is 4.14. The molecular formula is C14H15N3O3. The topological polar surface area (TPSA) is 77.3 Å². The first-order valence-corrected chi connectivity index (χ1v) is 6.11. The summed E-state index contributed by atoms with van der Waals surface area (Å²) in [6, 6.07) is 10.7. The molecule has 0 bridgehead atoms. The van der Waals surface area contributed by atoms with Crippen molar-refractivity contribution < 1.29 is 9.66 Å². The largest absolute Gasteiger partial charge is 0.496 e. The minimum Gasteiger partial charge on any atom is -0.496 e. The van der Waals surface area contributed by atoms with E-state index in [4.69, 9.17) is 4.74 Å². The second-order valence-electron chi connectivity index (χ2n) is 4.27. The number of ether oxygens (including phenoxy) is 1. The number of pyridine rings is 1. The zero-order chi connectivity index (χ0) is 14.5. The first kappa shape index (κ1) is 13.8. The molecule has 1 aromatic heterocycles. The average molecular weight is 273 g/mol. The third-order valence-electron chi connectivity index (χ3n) is 2.93. The molecule has 0 fully saturated rings. The fraction of sp³-hybridized carbons (Fsp3) is 0.214. The molecule has 6 heteroatoms. The predicted molar refractivity (Wildman–Crippen MR) is 75.9 cm³/mol. The van der Waals surface area contributed by atoms with E-state index in [1.54, 1.807) is 13.2 Å². The van der Waals surface area contributed by atoms with Crippen molar-refractivity contribution in [2.24, 2.45) is 0 Å². The Morgan fingerprint density at radius 1 is 1.30 bits per heavy atom.